The smallest absolute Gasteiger partial charge is 0.461 e. The number of hydrogen-bond donors (Lipinski definition) is 1. The second kappa shape index (κ2) is 8.84. The van der Waals surface area contributed by atoms with Crippen LogP contribution in [0.25, 0.3) is 0 Å². The third-order valence-corrected chi connectivity index (χ3v) is 3.39. The highest BCUT2D eigenvalue weighted by Crippen LogP contribution is 2.08. The van der Waals surface area contributed by atoms with E-state index in [1.54, 1.807) is 0 Å². The van der Waals surface area contributed by atoms with Gasteiger partial charge >= 0.3 is 17.8 Å². The van der Waals surface area contributed by atoms with Crippen LogP contribution in [0.15, 0.2) is 44.0 Å². The molecule has 2 rings (SSSR count). The molecular formula is C17H19NO7. The lowest BCUT2D eigenvalue weighted by Crippen LogP contribution is -2.32. The van der Waals surface area contributed by atoms with Crippen molar-refractivity contribution >= 4 is 11.9 Å². The van der Waals surface area contributed by atoms with E-state index >= 15 is 0 Å². The normalized spacial score (nSPS) is 11.8. The number of hydrogen-bond acceptors (Lipinski definition) is 8. The van der Waals surface area contributed by atoms with Gasteiger partial charge in [-0.2, -0.15) is 0 Å². The van der Waals surface area contributed by atoms with Crippen LogP contribution in [0.1, 0.15) is 29.9 Å². The van der Waals surface area contributed by atoms with Crippen molar-refractivity contribution in [3.8, 4) is 0 Å². The zero-order valence-corrected chi connectivity index (χ0v) is 13.7. The molecule has 0 aliphatic heterocycles. The first-order valence-electron chi connectivity index (χ1n) is 7.67. The van der Waals surface area contributed by atoms with E-state index in [2.05, 4.69) is 4.42 Å². The van der Waals surface area contributed by atoms with E-state index in [0.29, 0.717) is 0 Å². The molecule has 0 amide bonds. The Morgan fingerprint density at radius 1 is 1.12 bits per heavy atom. The lowest BCUT2D eigenvalue weighted by atomic mass is 10.2. The van der Waals surface area contributed by atoms with Crippen molar-refractivity contribution in [1.82, 2.24) is 0 Å². The first kappa shape index (κ1) is 18.5. The van der Waals surface area contributed by atoms with Crippen LogP contribution in [0.2, 0.25) is 0 Å². The minimum atomic E-state index is -0.983. The molecule has 0 bridgehead atoms. The lowest BCUT2D eigenvalue weighted by Gasteiger charge is -2.10. The minimum Gasteiger partial charge on any atom is -0.461 e. The number of nitrogens with two attached hydrogens (primary N) is 1. The Kier molecular flexibility index (Phi) is 6.53. The van der Waals surface area contributed by atoms with E-state index in [1.807, 2.05) is 30.3 Å². The van der Waals surface area contributed by atoms with Crippen molar-refractivity contribution in [3.63, 3.8) is 0 Å². The van der Waals surface area contributed by atoms with Crippen molar-refractivity contribution in [2.75, 3.05) is 0 Å². The van der Waals surface area contributed by atoms with Crippen LogP contribution in [-0.2, 0) is 32.3 Å². The second-order valence-electron chi connectivity index (χ2n) is 5.33. The molecule has 0 aliphatic rings. The predicted octanol–water partition coefficient (Wildman–Crippen LogP) is 1.44. The van der Waals surface area contributed by atoms with Gasteiger partial charge in [0.1, 0.15) is 12.6 Å². The summed E-state index contributed by atoms with van der Waals surface area (Å²) in [6.07, 6.45) is 0.0731. The van der Waals surface area contributed by atoms with Gasteiger partial charge in [-0.25, -0.2) is 4.79 Å². The number of aryl methyl sites for hydroxylation is 1. The van der Waals surface area contributed by atoms with Crippen LogP contribution in [0, 0.1) is 6.92 Å². The molecule has 1 aromatic heterocycles. The standard InChI is InChI=1S/C17H19NO7/c1-11-14(25-17(21)24-11)10-23-16(20)13(18)7-8-15(19)22-9-12-5-3-2-4-6-12/h2-6,13H,7-10,18H2,1H3/t13-/m0/s1. The zero-order valence-electron chi connectivity index (χ0n) is 13.7. The van der Waals surface area contributed by atoms with Gasteiger partial charge in [-0.05, 0) is 18.9 Å². The van der Waals surface area contributed by atoms with Gasteiger partial charge in [0.2, 0.25) is 0 Å². The van der Waals surface area contributed by atoms with Crippen LogP contribution in [0.3, 0.4) is 0 Å². The van der Waals surface area contributed by atoms with E-state index in [-0.39, 0.29) is 37.6 Å². The van der Waals surface area contributed by atoms with Crippen molar-refractivity contribution in [2.24, 2.45) is 5.73 Å². The van der Waals surface area contributed by atoms with Crippen LogP contribution >= 0.6 is 0 Å². The number of rotatable bonds is 8. The SMILES string of the molecule is Cc1oc(=O)oc1COC(=O)[C@@H](N)CCC(=O)OCc1ccccc1. The molecule has 8 heteroatoms. The molecule has 2 N–H and O–H groups in total. The van der Waals surface area contributed by atoms with Crippen molar-refractivity contribution in [2.45, 2.75) is 39.0 Å². The van der Waals surface area contributed by atoms with Crippen LogP contribution in [-0.4, -0.2) is 18.0 Å². The molecule has 8 nitrogen and oxygen atoms in total. The molecule has 2 aromatic rings. The summed E-state index contributed by atoms with van der Waals surface area (Å²) in [5.74, 6) is -1.68. The molecular weight excluding hydrogens is 330 g/mol. The van der Waals surface area contributed by atoms with E-state index < -0.39 is 23.8 Å². The minimum absolute atomic E-state index is 0.0110. The topological polar surface area (TPSA) is 122 Å². The summed E-state index contributed by atoms with van der Waals surface area (Å²) in [5, 5.41) is 0. The Labute approximate surface area is 143 Å². The highest BCUT2D eigenvalue weighted by atomic mass is 16.6. The predicted molar refractivity (Wildman–Crippen MR) is 85.2 cm³/mol. The van der Waals surface area contributed by atoms with Gasteiger partial charge in [0.05, 0.1) is 0 Å². The average molecular weight is 349 g/mol. The second-order valence-corrected chi connectivity index (χ2v) is 5.33. The summed E-state index contributed by atoms with van der Waals surface area (Å²) < 4.78 is 19.4. The highest BCUT2D eigenvalue weighted by molar-refractivity contribution is 5.77. The fraction of sp³-hybridized carbons (Fsp3) is 0.353. The Bertz CT molecular complexity index is 763. The number of carbonyl (C=O) groups excluding carboxylic acids is 2. The first-order chi connectivity index (χ1) is 12.0. The van der Waals surface area contributed by atoms with E-state index in [9.17, 15) is 14.4 Å². The van der Waals surface area contributed by atoms with Gasteiger partial charge in [-0.15, -0.1) is 0 Å². The number of ether oxygens (including phenoxy) is 2. The maximum Gasteiger partial charge on any atom is 0.519 e. The highest BCUT2D eigenvalue weighted by Gasteiger charge is 2.19. The van der Waals surface area contributed by atoms with Gasteiger partial charge in [0.25, 0.3) is 0 Å². The Hall–Kier alpha value is -2.87. The summed E-state index contributed by atoms with van der Waals surface area (Å²) in [6.45, 7) is 1.41. The van der Waals surface area contributed by atoms with E-state index in [4.69, 9.17) is 19.6 Å². The summed E-state index contributed by atoms with van der Waals surface area (Å²) >= 11 is 0. The summed E-state index contributed by atoms with van der Waals surface area (Å²) in [4.78, 5) is 34.3. The molecule has 1 aromatic carbocycles. The quantitative estimate of drug-likeness (QED) is 0.710. The molecule has 0 spiro atoms. The zero-order chi connectivity index (χ0) is 18.2. The summed E-state index contributed by atoms with van der Waals surface area (Å²) in [5.41, 5.74) is 6.55. The number of benzene rings is 1. The molecule has 0 saturated carbocycles. The first-order valence-corrected chi connectivity index (χ1v) is 7.67. The van der Waals surface area contributed by atoms with Crippen LogP contribution in [0.5, 0.6) is 0 Å². The Morgan fingerprint density at radius 3 is 2.48 bits per heavy atom. The summed E-state index contributed by atoms with van der Waals surface area (Å²) in [6, 6.07) is 8.26. The van der Waals surface area contributed by atoms with Crippen LogP contribution in [0.4, 0.5) is 0 Å². The van der Waals surface area contributed by atoms with Gasteiger partial charge in [0, 0.05) is 6.42 Å². The Morgan fingerprint density at radius 2 is 1.84 bits per heavy atom. The van der Waals surface area contributed by atoms with Crippen molar-refractivity contribution < 1.29 is 27.9 Å². The number of carbonyl (C=O) groups is 2. The maximum absolute atomic E-state index is 11.8. The molecule has 0 saturated heterocycles. The molecule has 0 unspecified atom stereocenters. The summed E-state index contributed by atoms with van der Waals surface area (Å²) in [7, 11) is 0. The third kappa shape index (κ3) is 5.92. The van der Waals surface area contributed by atoms with E-state index in [1.165, 1.54) is 6.92 Å². The molecule has 0 fully saturated rings. The molecule has 1 atom stereocenters. The largest absolute Gasteiger partial charge is 0.519 e. The monoisotopic (exact) mass is 349 g/mol. The van der Waals surface area contributed by atoms with E-state index in [0.717, 1.165) is 5.56 Å². The molecule has 0 aliphatic carbocycles. The molecule has 0 radical (unpaired) electrons. The number of esters is 2. The fourth-order valence-corrected chi connectivity index (χ4v) is 1.95. The van der Waals surface area contributed by atoms with Crippen LogP contribution < -0.4 is 11.6 Å². The molecule has 134 valence electrons. The maximum atomic E-state index is 11.8. The lowest BCUT2D eigenvalue weighted by molar-refractivity contribution is -0.148. The van der Waals surface area contributed by atoms with Gasteiger partial charge in [0.15, 0.2) is 18.1 Å². The third-order valence-electron chi connectivity index (χ3n) is 3.39. The van der Waals surface area contributed by atoms with Crippen molar-refractivity contribution in [3.05, 3.63) is 58.0 Å². The molecule has 25 heavy (non-hydrogen) atoms. The Balaban J connectivity index is 1.69. The molecule has 1 heterocycles. The van der Waals surface area contributed by atoms with Crippen molar-refractivity contribution in [1.29, 1.82) is 0 Å². The van der Waals surface area contributed by atoms with Gasteiger partial charge in [-0.3, -0.25) is 9.59 Å². The van der Waals surface area contributed by atoms with Gasteiger partial charge < -0.3 is 24.0 Å². The van der Waals surface area contributed by atoms with Gasteiger partial charge in [-0.1, -0.05) is 30.3 Å². The average Bonchev–Trinajstić information content (AvgIpc) is 2.93. The fourth-order valence-electron chi connectivity index (χ4n) is 1.95.